The van der Waals surface area contributed by atoms with E-state index in [0.29, 0.717) is 16.4 Å². The van der Waals surface area contributed by atoms with Crippen molar-refractivity contribution in [3.63, 3.8) is 0 Å². The number of fused-ring (bicyclic) bond motifs is 1. The molecule has 0 saturated carbocycles. The Morgan fingerprint density at radius 1 is 1.22 bits per heavy atom. The first-order chi connectivity index (χ1) is 13.1. The number of thiophene rings is 1. The van der Waals surface area contributed by atoms with Crippen LogP contribution in [-0.2, 0) is 16.1 Å². The van der Waals surface area contributed by atoms with Crippen LogP contribution >= 0.6 is 23.1 Å². The highest BCUT2D eigenvalue weighted by atomic mass is 32.2. The molecule has 2 aliphatic heterocycles. The molecular formula is C18H14N2O5S2. The van der Waals surface area contributed by atoms with E-state index in [4.69, 9.17) is 9.47 Å². The van der Waals surface area contributed by atoms with Crippen molar-refractivity contribution in [1.29, 1.82) is 0 Å². The van der Waals surface area contributed by atoms with Crippen LogP contribution in [0.1, 0.15) is 10.4 Å². The van der Waals surface area contributed by atoms with Gasteiger partial charge in [-0.1, -0.05) is 12.1 Å². The van der Waals surface area contributed by atoms with Crippen LogP contribution in [-0.4, -0.2) is 35.3 Å². The molecule has 1 N–H and O–H groups in total. The fourth-order valence-electron chi connectivity index (χ4n) is 2.59. The first kappa shape index (κ1) is 17.6. The molecule has 1 fully saturated rings. The van der Waals surface area contributed by atoms with Crippen molar-refractivity contribution in [3.05, 3.63) is 51.1 Å². The van der Waals surface area contributed by atoms with Gasteiger partial charge in [0, 0.05) is 11.4 Å². The first-order valence-electron chi connectivity index (χ1n) is 8.04. The van der Waals surface area contributed by atoms with E-state index < -0.39 is 17.1 Å². The van der Waals surface area contributed by atoms with Crippen molar-refractivity contribution in [2.24, 2.45) is 0 Å². The van der Waals surface area contributed by atoms with Gasteiger partial charge in [-0.25, -0.2) is 0 Å². The lowest BCUT2D eigenvalue weighted by atomic mass is 10.2. The zero-order valence-electron chi connectivity index (χ0n) is 14.0. The topological polar surface area (TPSA) is 84.9 Å². The fraction of sp³-hybridized carbons (Fsp3) is 0.167. The van der Waals surface area contributed by atoms with Gasteiger partial charge in [-0.05, 0) is 47.0 Å². The fourth-order valence-corrected chi connectivity index (χ4v) is 4.15. The third kappa shape index (κ3) is 3.83. The SMILES string of the molecule is O=C(CN1C(=O)S/C(=C\c2cccs2)C1=O)NCc1ccc2c(c1)OCO2. The van der Waals surface area contributed by atoms with Crippen molar-refractivity contribution < 1.29 is 23.9 Å². The van der Waals surface area contributed by atoms with Crippen LogP contribution in [0, 0.1) is 0 Å². The lowest BCUT2D eigenvalue weighted by molar-refractivity contribution is -0.129. The number of nitrogens with zero attached hydrogens (tertiary/aromatic N) is 1. The van der Waals surface area contributed by atoms with Gasteiger partial charge in [0.15, 0.2) is 11.5 Å². The summed E-state index contributed by atoms with van der Waals surface area (Å²) >= 11 is 2.32. The largest absolute Gasteiger partial charge is 0.454 e. The number of benzene rings is 1. The second-order valence-electron chi connectivity index (χ2n) is 5.75. The quantitative estimate of drug-likeness (QED) is 0.774. The van der Waals surface area contributed by atoms with Crippen LogP contribution in [0.5, 0.6) is 11.5 Å². The van der Waals surface area contributed by atoms with Gasteiger partial charge in [-0.3, -0.25) is 19.3 Å². The molecule has 0 unspecified atom stereocenters. The number of amides is 3. The van der Waals surface area contributed by atoms with Gasteiger partial charge < -0.3 is 14.8 Å². The standard InChI is InChI=1S/C18H14N2O5S2/c21-16(19-8-11-3-4-13-14(6-11)25-10-24-13)9-20-17(22)15(27-18(20)23)7-12-2-1-5-26-12/h1-7H,8-10H2,(H,19,21)/b15-7-. The van der Waals surface area contributed by atoms with Crippen molar-refractivity contribution >= 4 is 46.2 Å². The van der Waals surface area contributed by atoms with Gasteiger partial charge in [-0.2, -0.15) is 0 Å². The highest BCUT2D eigenvalue weighted by molar-refractivity contribution is 8.18. The zero-order valence-corrected chi connectivity index (χ0v) is 15.6. The highest BCUT2D eigenvalue weighted by Gasteiger charge is 2.36. The zero-order chi connectivity index (χ0) is 18.8. The monoisotopic (exact) mass is 402 g/mol. The Kier molecular flexibility index (Phi) is 4.87. The number of hydrogen-bond acceptors (Lipinski definition) is 7. The highest BCUT2D eigenvalue weighted by Crippen LogP contribution is 2.33. The number of hydrogen-bond donors (Lipinski definition) is 1. The molecule has 4 rings (SSSR count). The van der Waals surface area contributed by atoms with Crippen LogP contribution in [0.4, 0.5) is 4.79 Å². The Balaban J connectivity index is 1.35. The molecule has 0 radical (unpaired) electrons. The van der Waals surface area contributed by atoms with E-state index >= 15 is 0 Å². The molecule has 7 nitrogen and oxygen atoms in total. The lowest BCUT2D eigenvalue weighted by Gasteiger charge is -2.12. The summed E-state index contributed by atoms with van der Waals surface area (Å²) < 4.78 is 10.5. The summed E-state index contributed by atoms with van der Waals surface area (Å²) in [5.41, 5.74) is 0.833. The molecule has 138 valence electrons. The molecule has 1 aromatic heterocycles. The molecule has 0 aliphatic carbocycles. The molecule has 0 bridgehead atoms. The average molecular weight is 402 g/mol. The maximum absolute atomic E-state index is 12.4. The molecule has 9 heteroatoms. The minimum Gasteiger partial charge on any atom is -0.454 e. The molecule has 3 heterocycles. The summed E-state index contributed by atoms with van der Waals surface area (Å²) in [7, 11) is 0. The number of carbonyl (C=O) groups excluding carboxylic acids is 3. The van der Waals surface area contributed by atoms with Crippen LogP contribution in [0.25, 0.3) is 6.08 Å². The molecule has 27 heavy (non-hydrogen) atoms. The van der Waals surface area contributed by atoms with Gasteiger partial charge in [0.25, 0.3) is 11.1 Å². The normalized spacial score (nSPS) is 17.0. The van der Waals surface area contributed by atoms with Crippen molar-refractivity contribution in [1.82, 2.24) is 10.2 Å². The number of thioether (sulfide) groups is 1. The number of carbonyl (C=O) groups is 3. The number of ether oxygens (including phenoxy) is 2. The molecule has 1 saturated heterocycles. The van der Waals surface area contributed by atoms with Gasteiger partial charge in [-0.15, -0.1) is 11.3 Å². The smallest absolute Gasteiger partial charge is 0.294 e. The molecule has 0 spiro atoms. The van der Waals surface area contributed by atoms with E-state index in [2.05, 4.69) is 5.32 Å². The summed E-state index contributed by atoms with van der Waals surface area (Å²) in [6, 6.07) is 9.10. The van der Waals surface area contributed by atoms with Crippen LogP contribution in [0.15, 0.2) is 40.6 Å². The second-order valence-corrected chi connectivity index (χ2v) is 7.72. The van der Waals surface area contributed by atoms with Gasteiger partial charge >= 0.3 is 0 Å². The number of imide groups is 1. The second kappa shape index (κ2) is 7.45. The molecule has 0 atom stereocenters. The predicted molar refractivity (Wildman–Crippen MR) is 101 cm³/mol. The molecular weight excluding hydrogens is 388 g/mol. The minimum absolute atomic E-state index is 0.184. The Morgan fingerprint density at radius 3 is 2.89 bits per heavy atom. The molecule has 2 aliphatic rings. The first-order valence-corrected chi connectivity index (χ1v) is 9.74. The van der Waals surface area contributed by atoms with E-state index in [1.54, 1.807) is 18.2 Å². The van der Waals surface area contributed by atoms with Crippen molar-refractivity contribution in [3.8, 4) is 11.5 Å². The Morgan fingerprint density at radius 2 is 2.07 bits per heavy atom. The summed E-state index contributed by atoms with van der Waals surface area (Å²) in [5, 5.41) is 4.16. The van der Waals surface area contributed by atoms with Crippen LogP contribution < -0.4 is 14.8 Å². The third-order valence-electron chi connectivity index (χ3n) is 3.92. The summed E-state index contributed by atoms with van der Waals surface area (Å²) in [4.78, 5) is 38.8. The van der Waals surface area contributed by atoms with Gasteiger partial charge in [0.05, 0.1) is 4.91 Å². The van der Waals surface area contributed by atoms with Crippen LogP contribution in [0.2, 0.25) is 0 Å². The summed E-state index contributed by atoms with van der Waals surface area (Å²) in [5.74, 6) is 0.441. The van der Waals surface area contributed by atoms with E-state index in [0.717, 1.165) is 27.1 Å². The Hall–Kier alpha value is -2.78. The maximum atomic E-state index is 12.4. The van der Waals surface area contributed by atoms with E-state index in [1.165, 1.54) is 11.3 Å². The lowest BCUT2D eigenvalue weighted by Crippen LogP contribution is -2.39. The van der Waals surface area contributed by atoms with Gasteiger partial charge in [0.2, 0.25) is 12.7 Å². The Bertz CT molecular complexity index is 939. The summed E-state index contributed by atoms with van der Waals surface area (Å²) in [6.07, 6.45) is 1.67. The third-order valence-corrected chi connectivity index (χ3v) is 5.65. The van der Waals surface area contributed by atoms with E-state index in [9.17, 15) is 14.4 Å². The van der Waals surface area contributed by atoms with Crippen LogP contribution in [0.3, 0.4) is 0 Å². The maximum Gasteiger partial charge on any atom is 0.294 e. The van der Waals surface area contributed by atoms with E-state index in [1.807, 2.05) is 23.6 Å². The minimum atomic E-state index is -0.448. The molecule has 1 aromatic carbocycles. The molecule has 3 amide bonds. The average Bonchev–Trinajstić information content (AvgIpc) is 3.38. The van der Waals surface area contributed by atoms with Gasteiger partial charge in [0.1, 0.15) is 6.54 Å². The predicted octanol–water partition coefficient (Wildman–Crippen LogP) is 2.83. The number of rotatable bonds is 5. The van der Waals surface area contributed by atoms with Crippen molar-refractivity contribution in [2.45, 2.75) is 6.54 Å². The molecule has 2 aromatic rings. The Labute approximate surface area is 162 Å². The number of nitrogens with one attached hydrogen (secondary N) is 1. The summed E-state index contributed by atoms with van der Waals surface area (Å²) in [6.45, 7) is 0.136. The van der Waals surface area contributed by atoms with E-state index in [-0.39, 0.29) is 19.9 Å². The van der Waals surface area contributed by atoms with Crippen molar-refractivity contribution in [2.75, 3.05) is 13.3 Å².